The van der Waals surface area contributed by atoms with E-state index in [4.69, 9.17) is 4.74 Å². The van der Waals surface area contributed by atoms with Gasteiger partial charge in [0, 0.05) is 30.2 Å². The van der Waals surface area contributed by atoms with Gasteiger partial charge in [-0.2, -0.15) is 5.10 Å². The Balaban J connectivity index is 1.53. The lowest BCUT2D eigenvalue weighted by Gasteiger charge is -2.09. The fraction of sp³-hybridized carbons (Fsp3) is 0.143. The van der Waals surface area contributed by atoms with Crippen molar-refractivity contribution in [3.8, 4) is 5.69 Å². The van der Waals surface area contributed by atoms with Crippen LogP contribution in [0.2, 0.25) is 0 Å². The van der Waals surface area contributed by atoms with E-state index in [-0.39, 0.29) is 5.91 Å². The van der Waals surface area contributed by atoms with E-state index in [1.165, 1.54) is 0 Å². The summed E-state index contributed by atoms with van der Waals surface area (Å²) in [5.41, 5.74) is 2.00. The number of aromatic nitrogens is 2. The zero-order valence-electron chi connectivity index (χ0n) is 15.8. The van der Waals surface area contributed by atoms with E-state index in [1.54, 1.807) is 71.7 Å². The largest absolute Gasteiger partial charge is 0.452 e. The molecule has 0 aliphatic carbocycles. The molecule has 1 aromatic heterocycles. The molecule has 0 radical (unpaired) electrons. The average Bonchev–Trinajstić information content (AvgIpc) is 3.27. The Morgan fingerprint density at radius 3 is 2.52 bits per heavy atom. The molecule has 0 saturated carbocycles. The number of anilines is 1. The summed E-state index contributed by atoms with van der Waals surface area (Å²) in [5, 5.41) is 9.40. The zero-order chi connectivity index (χ0) is 20.6. The van der Waals surface area contributed by atoms with Gasteiger partial charge in [0.1, 0.15) is 0 Å². The number of ether oxygens (including phenoxy) is 1. The van der Waals surface area contributed by atoms with Gasteiger partial charge in [0.05, 0.1) is 11.3 Å². The molecule has 2 amide bonds. The Morgan fingerprint density at radius 2 is 1.83 bits per heavy atom. The molecule has 0 spiro atoms. The molecule has 148 valence electrons. The summed E-state index contributed by atoms with van der Waals surface area (Å²) in [5.74, 6) is -1.34. The van der Waals surface area contributed by atoms with E-state index in [2.05, 4.69) is 15.7 Å². The van der Waals surface area contributed by atoms with Crippen LogP contribution in [0.3, 0.4) is 0 Å². The SMILES string of the molecule is CCNC(=O)c1cccc(NC(=O)COC(=O)c2ccc(-n3cccn3)cc2)c1. The summed E-state index contributed by atoms with van der Waals surface area (Å²) in [7, 11) is 0. The number of nitrogens with one attached hydrogen (secondary N) is 2. The quantitative estimate of drug-likeness (QED) is 0.601. The summed E-state index contributed by atoms with van der Waals surface area (Å²) >= 11 is 0. The number of carbonyl (C=O) groups is 3. The van der Waals surface area contributed by atoms with Crippen molar-refractivity contribution in [3.63, 3.8) is 0 Å². The minimum absolute atomic E-state index is 0.228. The van der Waals surface area contributed by atoms with E-state index >= 15 is 0 Å². The highest BCUT2D eigenvalue weighted by molar-refractivity contribution is 5.98. The molecule has 0 aliphatic heterocycles. The van der Waals surface area contributed by atoms with Gasteiger partial charge in [0.2, 0.25) is 0 Å². The molecule has 3 rings (SSSR count). The van der Waals surface area contributed by atoms with E-state index < -0.39 is 18.5 Å². The predicted molar refractivity (Wildman–Crippen MR) is 107 cm³/mol. The van der Waals surface area contributed by atoms with Gasteiger partial charge in [-0.05, 0) is 55.5 Å². The van der Waals surface area contributed by atoms with Crippen molar-refractivity contribution in [2.24, 2.45) is 0 Å². The van der Waals surface area contributed by atoms with Gasteiger partial charge < -0.3 is 15.4 Å². The number of nitrogens with zero attached hydrogens (tertiary/aromatic N) is 2. The summed E-state index contributed by atoms with van der Waals surface area (Å²) in [4.78, 5) is 36.1. The second-order valence-electron chi connectivity index (χ2n) is 6.06. The van der Waals surface area contributed by atoms with Gasteiger partial charge >= 0.3 is 5.97 Å². The normalized spacial score (nSPS) is 10.2. The highest BCUT2D eigenvalue weighted by atomic mass is 16.5. The molecule has 0 aliphatic rings. The first-order valence-electron chi connectivity index (χ1n) is 9.02. The van der Waals surface area contributed by atoms with Gasteiger partial charge in [0.15, 0.2) is 6.61 Å². The molecule has 2 N–H and O–H groups in total. The smallest absolute Gasteiger partial charge is 0.338 e. The molecule has 8 nitrogen and oxygen atoms in total. The Hall–Kier alpha value is -3.94. The average molecular weight is 392 g/mol. The Bertz CT molecular complexity index is 998. The Kier molecular flexibility index (Phi) is 6.36. The summed E-state index contributed by atoms with van der Waals surface area (Å²) < 4.78 is 6.72. The van der Waals surface area contributed by atoms with Crippen LogP contribution in [0, 0.1) is 0 Å². The van der Waals surface area contributed by atoms with Crippen molar-refractivity contribution in [1.82, 2.24) is 15.1 Å². The third-order valence-electron chi connectivity index (χ3n) is 3.95. The zero-order valence-corrected chi connectivity index (χ0v) is 15.8. The first-order chi connectivity index (χ1) is 14.1. The molecule has 8 heteroatoms. The lowest BCUT2D eigenvalue weighted by Crippen LogP contribution is -2.23. The molecular formula is C21H20N4O4. The van der Waals surface area contributed by atoms with Crippen molar-refractivity contribution >= 4 is 23.5 Å². The van der Waals surface area contributed by atoms with Crippen LogP contribution in [0.4, 0.5) is 5.69 Å². The number of rotatable bonds is 7. The molecular weight excluding hydrogens is 372 g/mol. The molecule has 1 heterocycles. The standard InChI is InChI=1S/C21H20N4O4/c1-2-22-20(27)16-5-3-6-17(13-16)24-19(26)14-29-21(28)15-7-9-18(10-8-15)25-12-4-11-23-25/h3-13H,2,14H2,1H3,(H,22,27)(H,24,26). The first-order valence-corrected chi connectivity index (χ1v) is 9.02. The van der Waals surface area contributed by atoms with Gasteiger partial charge in [0.25, 0.3) is 11.8 Å². The van der Waals surface area contributed by atoms with Gasteiger partial charge in [-0.3, -0.25) is 9.59 Å². The lowest BCUT2D eigenvalue weighted by molar-refractivity contribution is -0.119. The molecule has 3 aromatic rings. The summed E-state index contributed by atoms with van der Waals surface area (Å²) in [6, 6.07) is 15.0. The molecule has 0 saturated heterocycles. The molecule has 2 aromatic carbocycles. The molecule has 0 bridgehead atoms. The maximum atomic E-state index is 12.1. The van der Waals surface area contributed by atoms with Crippen LogP contribution < -0.4 is 10.6 Å². The molecule has 0 atom stereocenters. The highest BCUT2D eigenvalue weighted by Crippen LogP contribution is 2.12. The van der Waals surface area contributed by atoms with Crippen molar-refractivity contribution < 1.29 is 19.1 Å². The van der Waals surface area contributed by atoms with Crippen LogP contribution in [0.25, 0.3) is 5.69 Å². The highest BCUT2D eigenvalue weighted by Gasteiger charge is 2.12. The van der Waals surface area contributed by atoms with E-state index in [1.807, 2.05) is 6.92 Å². The number of benzene rings is 2. The number of amides is 2. The third-order valence-corrected chi connectivity index (χ3v) is 3.95. The van der Waals surface area contributed by atoms with Gasteiger partial charge in [-0.25, -0.2) is 9.48 Å². The van der Waals surface area contributed by atoms with Crippen molar-refractivity contribution in [3.05, 3.63) is 78.1 Å². The van der Waals surface area contributed by atoms with Crippen LogP contribution in [0.15, 0.2) is 67.0 Å². The van der Waals surface area contributed by atoms with Crippen molar-refractivity contribution in [1.29, 1.82) is 0 Å². The second-order valence-corrected chi connectivity index (χ2v) is 6.06. The van der Waals surface area contributed by atoms with E-state index in [9.17, 15) is 14.4 Å². The summed E-state index contributed by atoms with van der Waals surface area (Å²) in [6.07, 6.45) is 3.45. The molecule has 0 fully saturated rings. The third kappa shape index (κ3) is 5.29. The van der Waals surface area contributed by atoms with Gasteiger partial charge in [-0.15, -0.1) is 0 Å². The van der Waals surface area contributed by atoms with Crippen LogP contribution in [0.1, 0.15) is 27.6 Å². The monoisotopic (exact) mass is 392 g/mol. The topological polar surface area (TPSA) is 102 Å². The van der Waals surface area contributed by atoms with Crippen LogP contribution in [-0.2, 0) is 9.53 Å². The lowest BCUT2D eigenvalue weighted by atomic mass is 10.2. The van der Waals surface area contributed by atoms with E-state index in [0.29, 0.717) is 23.4 Å². The number of hydrogen-bond donors (Lipinski definition) is 2. The van der Waals surface area contributed by atoms with Crippen LogP contribution >= 0.6 is 0 Å². The van der Waals surface area contributed by atoms with Crippen LogP contribution in [0.5, 0.6) is 0 Å². The van der Waals surface area contributed by atoms with E-state index in [0.717, 1.165) is 5.69 Å². The molecule has 29 heavy (non-hydrogen) atoms. The number of esters is 1. The fourth-order valence-electron chi connectivity index (χ4n) is 2.58. The molecule has 0 unspecified atom stereocenters. The van der Waals surface area contributed by atoms with Crippen LogP contribution in [-0.4, -0.2) is 40.7 Å². The maximum Gasteiger partial charge on any atom is 0.338 e. The Labute approximate surface area is 167 Å². The minimum atomic E-state index is -0.608. The van der Waals surface area contributed by atoms with Crippen molar-refractivity contribution in [2.75, 3.05) is 18.5 Å². The number of carbonyl (C=O) groups excluding carboxylic acids is 3. The van der Waals surface area contributed by atoms with Crippen molar-refractivity contribution in [2.45, 2.75) is 6.92 Å². The maximum absolute atomic E-state index is 12.1. The van der Waals surface area contributed by atoms with Gasteiger partial charge in [-0.1, -0.05) is 6.07 Å². The first kappa shape index (κ1) is 19.8. The predicted octanol–water partition coefficient (Wildman–Crippen LogP) is 2.42. The summed E-state index contributed by atoms with van der Waals surface area (Å²) in [6.45, 7) is 1.89. The minimum Gasteiger partial charge on any atom is -0.452 e. The fourth-order valence-corrected chi connectivity index (χ4v) is 2.58. The number of hydrogen-bond acceptors (Lipinski definition) is 5. The second kappa shape index (κ2) is 9.32. The Morgan fingerprint density at radius 1 is 1.03 bits per heavy atom.